The van der Waals surface area contributed by atoms with Crippen molar-refractivity contribution in [3.05, 3.63) is 91.3 Å². The smallest absolute Gasteiger partial charge is 0.255 e. The second-order valence-corrected chi connectivity index (χ2v) is 7.99. The van der Waals surface area contributed by atoms with Gasteiger partial charge in [-0.15, -0.1) is 0 Å². The molecule has 1 unspecified atom stereocenters. The van der Waals surface area contributed by atoms with Crippen molar-refractivity contribution < 1.29 is 0 Å². The zero-order valence-electron chi connectivity index (χ0n) is 16.9. The summed E-state index contributed by atoms with van der Waals surface area (Å²) in [5.41, 5.74) is 3.36. The maximum atomic E-state index is 12.7. The van der Waals surface area contributed by atoms with Gasteiger partial charge in [0.25, 0.3) is 5.56 Å². The molecule has 4 nitrogen and oxygen atoms in total. The Morgan fingerprint density at radius 2 is 1.79 bits per heavy atom. The summed E-state index contributed by atoms with van der Waals surface area (Å²) < 4.78 is 0. The Hall–Kier alpha value is -2.30. The quantitative estimate of drug-likeness (QED) is 0.504. The normalized spacial score (nSPS) is 12.0. The average Bonchev–Trinajstić information content (AvgIpc) is 2.70. The fourth-order valence-corrected chi connectivity index (χ4v) is 3.85. The molecule has 6 heteroatoms. The third kappa shape index (κ3) is 4.82. The summed E-state index contributed by atoms with van der Waals surface area (Å²) in [6.07, 6.45) is 2.74. The first-order chi connectivity index (χ1) is 13.9. The Balaban J connectivity index is 2.08. The number of hydrogen-bond acceptors (Lipinski definition) is 3. The van der Waals surface area contributed by atoms with Crippen LogP contribution in [-0.4, -0.2) is 17.0 Å². The molecule has 1 heterocycles. The number of nitrogens with one attached hydrogen (secondary N) is 1. The van der Waals surface area contributed by atoms with Crippen molar-refractivity contribution in [3.63, 3.8) is 0 Å². The van der Waals surface area contributed by atoms with Crippen molar-refractivity contribution in [1.29, 1.82) is 0 Å². The lowest BCUT2D eigenvalue weighted by Gasteiger charge is -2.30. The molecule has 3 aromatic rings. The highest BCUT2D eigenvalue weighted by Gasteiger charge is 2.24. The standard InChI is InChI=1S/C23H25Cl2N3O/c1-4-5-8-18-15(2)26-23(27-22(18)29)28(3)21(16-11-13-17(24)14-12-16)19-9-6-7-10-20(19)25/h6-7,9-14,21H,4-5,8H2,1-3H3,(H,26,27,29). The highest BCUT2D eigenvalue weighted by Crippen LogP contribution is 2.34. The zero-order chi connectivity index (χ0) is 21.0. The number of rotatable bonds is 7. The molecular formula is C23H25Cl2N3O. The number of benzene rings is 2. The highest BCUT2D eigenvalue weighted by atomic mass is 35.5. The van der Waals surface area contributed by atoms with E-state index >= 15 is 0 Å². The molecule has 0 fully saturated rings. The minimum atomic E-state index is -0.231. The maximum Gasteiger partial charge on any atom is 0.255 e. The van der Waals surface area contributed by atoms with Gasteiger partial charge < -0.3 is 4.90 Å². The number of halogens is 2. The van der Waals surface area contributed by atoms with E-state index in [0.717, 1.165) is 41.6 Å². The lowest BCUT2D eigenvalue weighted by atomic mass is 9.97. The lowest BCUT2D eigenvalue weighted by Crippen LogP contribution is -2.30. The topological polar surface area (TPSA) is 49.0 Å². The van der Waals surface area contributed by atoms with Crippen molar-refractivity contribution in [2.45, 2.75) is 39.2 Å². The number of unbranched alkanes of at least 4 members (excludes halogenated alkanes) is 1. The summed E-state index contributed by atoms with van der Waals surface area (Å²) in [4.78, 5) is 22.3. The van der Waals surface area contributed by atoms with Crippen LogP contribution in [0, 0.1) is 6.92 Å². The first kappa shape index (κ1) is 21.4. The van der Waals surface area contributed by atoms with Crippen molar-refractivity contribution in [2.75, 3.05) is 11.9 Å². The molecule has 0 aliphatic carbocycles. The fourth-order valence-electron chi connectivity index (χ4n) is 3.49. The van der Waals surface area contributed by atoms with Crippen LogP contribution >= 0.6 is 23.2 Å². The van der Waals surface area contributed by atoms with E-state index in [1.165, 1.54) is 0 Å². The van der Waals surface area contributed by atoms with Crippen LogP contribution < -0.4 is 10.5 Å². The molecule has 3 rings (SSSR count). The van der Waals surface area contributed by atoms with Crippen LogP contribution in [0.5, 0.6) is 0 Å². The van der Waals surface area contributed by atoms with Crippen LogP contribution in [0.15, 0.2) is 53.3 Å². The van der Waals surface area contributed by atoms with Gasteiger partial charge in [-0.1, -0.05) is 66.9 Å². The van der Waals surface area contributed by atoms with E-state index in [0.29, 0.717) is 16.0 Å². The fraction of sp³-hybridized carbons (Fsp3) is 0.304. The first-order valence-corrected chi connectivity index (χ1v) is 10.5. The van der Waals surface area contributed by atoms with Crippen molar-refractivity contribution in [3.8, 4) is 0 Å². The molecule has 29 heavy (non-hydrogen) atoms. The number of anilines is 1. The van der Waals surface area contributed by atoms with Gasteiger partial charge in [-0.25, -0.2) is 4.98 Å². The number of aryl methyl sites for hydroxylation is 1. The summed E-state index contributed by atoms with van der Waals surface area (Å²) in [6.45, 7) is 4.00. The Kier molecular flexibility index (Phi) is 6.99. The molecule has 0 amide bonds. The molecule has 152 valence electrons. The minimum absolute atomic E-state index is 0.0817. The Bertz CT molecular complexity index is 1030. The first-order valence-electron chi connectivity index (χ1n) is 9.75. The van der Waals surface area contributed by atoms with Crippen LogP contribution in [0.2, 0.25) is 10.0 Å². The van der Waals surface area contributed by atoms with Crippen LogP contribution in [0.3, 0.4) is 0 Å². The van der Waals surface area contributed by atoms with E-state index in [2.05, 4.69) is 11.9 Å². The van der Waals surface area contributed by atoms with Crippen LogP contribution in [0.25, 0.3) is 0 Å². The molecule has 1 N–H and O–H groups in total. The predicted octanol–water partition coefficient (Wildman–Crippen LogP) is 5.95. The van der Waals surface area contributed by atoms with Gasteiger partial charge in [0, 0.05) is 28.4 Å². The third-order valence-corrected chi connectivity index (χ3v) is 5.69. The van der Waals surface area contributed by atoms with Gasteiger partial charge in [-0.3, -0.25) is 9.78 Å². The molecule has 0 aliphatic rings. The number of aromatic nitrogens is 2. The molecule has 1 atom stereocenters. The van der Waals surface area contributed by atoms with Gasteiger partial charge in [0.1, 0.15) is 0 Å². The van der Waals surface area contributed by atoms with E-state index in [1.54, 1.807) is 0 Å². The molecule has 0 radical (unpaired) electrons. The van der Waals surface area contributed by atoms with Crippen LogP contribution in [0.4, 0.5) is 5.95 Å². The van der Waals surface area contributed by atoms with Gasteiger partial charge in [-0.2, -0.15) is 0 Å². The number of nitrogens with zero attached hydrogens (tertiary/aromatic N) is 2. The molecule has 1 aromatic heterocycles. The predicted molar refractivity (Wildman–Crippen MR) is 121 cm³/mol. The zero-order valence-corrected chi connectivity index (χ0v) is 18.4. The molecular weight excluding hydrogens is 405 g/mol. The van der Waals surface area contributed by atoms with E-state index in [1.807, 2.05) is 67.4 Å². The van der Waals surface area contributed by atoms with Crippen molar-refractivity contribution in [2.24, 2.45) is 0 Å². The third-order valence-electron chi connectivity index (χ3n) is 5.10. The van der Waals surface area contributed by atoms with Crippen LogP contribution in [0.1, 0.15) is 48.2 Å². The molecule has 0 saturated heterocycles. The number of aromatic amines is 1. The summed E-state index contributed by atoms with van der Waals surface area (Å²) in [6, 6.07) is 15.1. The summed E-state index contributed by atoms with van der Waals surface area (Å²) >= 11 is 12.6. The number of hydrogen-bond donors (Lipinski definition) is 1. The molecule has 0 saturated carbocycles. The Labute approximate surface area is 181 Å². The molecule has 0 spiro atoms. The van der Waals surface area contributed by atoms with Gasteiger partial charge >= 0.3 is 0 Å². The van der Waals surface area contributed by atoms with E-state index in [4.69, 9.17) is 28.2 Å². The Morgan fingerprint density at radius 1 is 1.10 bits per heavy atom. The largest absolute Gasteiger partial charge is 0.334 e. The summed E-state index contributed by atoms with van der Waals surface area (Å²) in [5.74, 6) is 0.507. The summed E-state index contributed by atoms with van der Waals surface area (Å²) in [5, 5.41) is 1.31. The monoisotopic (exact) mass is 429 g/mol. The van der Waals surface area contributed by atoms with Gasteiger partial charge in [0.05, 0.1) is 6.04 Å². The van der Waals surface area contributed by atoms with Crippen LogP contribution in [-0.2, 0) is 6.42 Å². The van der Waals surface area contributed by atoms with Gasteiger partial charge in [-0.05, 0) is 49.1 Å². The second-order valence-electron chi connectivity index (χ2n) is 7.14. The molecule has 2 aromatic carbocycles. The molecule has 0 aliphatic heterocycles. The van der Waals surface area contributed by atoms with Gasteiger partial charge in [0.15, 0.2) is 0 Å². The lowest BCUT2D eigenvalue weighted by molar-refractivity contribution is 0.732. The molecule has 0 bridgehead atoms. The average molecular weight is 430 g/mol. The van der Waals surface area contributed by atoms with Gasteiger partial charge in [0.2, 0.25) is 5.95 Å². The SMILES string of the molecule is CCCCc1c(C)nc(N(C)C(c2ccc(Cl)cc2)c2ccccc2Cl)[nH]c1=O. The number of H-pyrrole nitrogens is 1. The second kappa shape index (κ2) is 9.47. The highest BCUT2D eigenvalue weighted by molar-refractivity contribution is 6.31. The van der Waals surface area contributed by atoms with E-state index in [-0.39, 0.29) is 11.6 Å². The van der Waals surface area contributed by atoms with E-state index in [9.17, 15) is 4.79 Å². The minimum Gasteiger partial charge on any atom is -0.334 e. The summed E-state index contributed by atoms with van der Waals surface area (Å²) in [7, 11) is 1.91. The van der Waals surface area contributed by atoms with E-state index < -0.39 is 0 Å². The van der Waals surface area contributed by atoms with Crippen molar-refractivity contribution in [1.82, 2.24) is 9.97 Å². The maximum absolute atomic E-state index is 12.7. The van der Waals surface area contributed by atoms with Crippen molar-refractivity contribution >= 4 is 29.2 Å². The Morgan fingerprint density at radius 3 is 2.41 bits per heavy atom.